The fourth-order valence-corrected chi connectivity index (χ4v) is 1.62. The second kappa shape index (κ2) is 5.55. The molecule has 0 saturated heterocycles. The molecule has 0 bridgehead atoms. The number of carbonyl (C=O) groups is 2. The van der Waals surface area contributed by atoms with Gasteiger partial charge in [0.2, 0.25) is 5.91 Å². The predicted octanol–water partition coefficient (Wildman–Crippen LogP) is 2.13. The molecule has 3 N–H and O–H groups in total. The van der Waals surface area contributed by atoms with Crippen LogP contribution >= 0.6 is 11.8 Å². The molecule has 5 heteroatoms. The number of benzene rings is 1. The summed E-state index contributed by atoms with van der Waals surface area (Å²) in [6, 6.07) is 7.44. The van der Waals surface area contributed by atoms with Crippen molar-refractivity contribution < 1.29 is 9.59 Å². The van der Waals surface area contributed by atoms with Crippen LogP contribution in [0, 0.1) is 6.92 Å². The second-order valence-electron chi connectivity index (χ2n) is 3.43. The van der Waals surface area contributed by atoms with Crippen molar-refractivity contribution in [3.05, 3.63) is 29.8 Å². The monoisotopic (exact) mass is 238 g/mol. The molecular formula is C11H14N2O2S. The molecule has 0 fully saturated rings. The van der Waals surface area contributed by atoms with E-state index >= 15 is 0 Å². The van der Waals surface area contributed by atoms with Gasteiger partial charge in [0.15, 0.2) is 0 Å². The van der Waals surface area contributed by atoms with Gasteiger partial charge in [-0.2, -0.15) is 0 Å². The van der Waals surface area contributed by atoms with E-state index in [0.717, 1.165) is 17.3 Å². The Bertz CT molecular complexity index is 389. The van der Waals surface area contributed by atoms with Crippen LogP contribution in [-0.2, 0) is 4.79 Å². The lowest BCUT2D eigenvalue weighted by atomic mass is 10.2. The van der Waals surface area contributed by atoms with Crippen LogP contribution in [0.5, 0.6) is 0 Å². The molecule has 0 aliphatic heterocycles. The van der Waals surface area contributed by atoms with Crippen LogP contribution in [0.15, 0.2) is 24.3 Å². The Morgan fingerprint density at radius 1 is 1.31 bits per heavy atom. The van der Waals surface area contributed by atoms with E-state index in [1.165, 1.54) is 0 Å². The van der Waals surface area contributed by atoms with Crippen molar-refractivity contribution >= 4 is 28.6 Å². The molecule has 2 amide bonds. The molecule has 0 radical (unpaired) electrons. The molecule has 4 nitrogen and oxygen atoms in total. The lowest BCUT2D eigenvalue weighted by Crippen LogP contribution is -2.24. The zero-order chi connectivity index (χ0) is 12.1. The molecule has 0 spiro atoms. The third kappa shape index (κ3) is 3.94. The van der Waals surface area contributed by atoms with E-state index < -0.39 is 10.5 Å². The summed E-state index contributed by atoms with van der Waals surface area (Å²) in [6.45, 7) is 3.61. The van der Waals surface area contributed by atoms with Crippen molar-refractivity contribution in [1.82, 2.24) is 0 Å². The van der Waals surface area contributed by atoms with Crippen LogP contribution in [0.2, 0.25) is 0 Å². The van der Waals surface area contributed by atoms with Crippen molar-refractivity contribution in [3.8, 4) is 0 Å². The Morgan fingerprint density at radius 2 is 1.88 bits per heavy atom. The number of rotatable bonds is 3. The molecular weight excluding hydrogens is 224 g/mol. The summed E-state index contributed by atoms with van der Waals surface area (Å²) in [5.74, 6) is -0.229. The molecule has 1 aromatic carbocycles. The Labute approximate surface area is 98.6 Å². The van der Waals surface area contributed by atoms with Gasteiger partial charge >= 0.3 is 0 Å². The van der Waals surface area contributed by atoms with E-state index in [0.29, 0.717) is 5.69 Å². The maximum atomic E-state index is 11.6. The first-order chi connectivity index (χ1) is 7.49. The average molecular weight is 238 g/mol. The molecule has 0 heterocycles. The minimum absolute atomic E-state index is 0.229. The van der Waals surface area contributed by atoms with E-state index in [1.807, 2.05) is 31.2 Å². The van der Waals surface area contributed by atoms with E-state index in [-0.39, 0.29) is 5.91 Å². The average Bonchev–Trinajstić information content (AvgIpc) is 2.20. The summed E-state index contributed by atoms with van der Waals surface area (Å²) >= 11 is 0.812. The number of aryl methyl sites for hydroxylation is 1. The largest absolute Gasteiger partial charge is 0.360 e. The smallest absolute Gasteiger partial charge is 0.277 e. The number of thioether (sulfide) groups is 1. The molecule has 16 heavy (non-hydrogen) atoms. The lowest BCUT2D eigenvalue weighted by molar-refractivity contribution is -0.115. The Hall–Kier alpha value is -1.49. The minimum atomic E-state index is -0.549. The van der Waals surface area contributed by atoms with Crippen LogP contribution in [0.1, 0.15) is 12.5 Å². The van der Waals surface area contributed by atoms with Crippen LogP contribution in [0.25, 0.3) is 0 Å². The second-order valence-corrected chi connectivity index (χ2v) is 4.78. The van der Waals surface area contributed by atoms with Gasteiger partial charge in [-0.05, 0) is 26.0 Å². The molecule has 1 atom stereocenters. The standard InChI is InChI=1S/C11H14N2O2S/c1-7-3-5-9(6-4-7)13-10(14)8(2)16-11(12)15/h3-6,8H,1-2H3,(H2,12,15)(H,13,14). The summed E-state index contributed by atoms with van der Waals surface area (Å²) in [7, 11) is 0. The maximum Gasteiger partial charge on any atom is 0.277 e. The van der Waals surface area contributed by atoms with Gasteiger partial charge < -0.3 is 11.1 Å². The fraction of sp³-hybridized carbons (Fsp3) is 0.273. The molecule has 1 rings (SSSR count). The van der Waals surface area contributed by atoms with Gasteiger partial charge in [-0.25, -0.2) is 0 Å². The SMILES string of the molecule is Cc1ccc(NC(=O)C(C)SC(N)=O)cc1. The van der Waals surface area contributed by atoms with Gasteiger partial charge in [0.25, 0.3) is 5.24 Å². The number of nitrogens with two attached hydrogens (primary N) is 1. The Morgan fingerprint density at radius 3 is 2.38 bits per heavy atom. The number of anilines is 1. The van der Waals surface area contributed by atoms with E-state index in [1.54, 1.807) is 6.92 Å². The van der Waals surface area contributed by atoms with Crippen molar-refractivity contribution in [2.45, 2.75) is 19.1 Å². The molecule has 0 saturated carbocycles. The minimum Gasteiger partial charge on any atom is -0.360 e. The zero-order valence-electron chi connectivity index (χ0n) is 9.19. The van der Waals surface area contributed by atoms with Crippen LogP contribution in [0.3, 0.4) is 0 Å². The van der Waals surface area contributed by atoms with Gasteiger partial charge in [0, 0.05) is 5.69 Å². The van der Waals surface area contributed by atoms with Gasteiger partial charge in [0.05, 0.1) is 5.25 Å². The molecule has 86 valence electrons. The third-order valence-corrected chi connectivity index (χ3v) is 2.78. The van der Waals surface area contributed by atoms with Crippen LogP contribution < -0.4 is 11.1 Å². The quantitative estimate of drug-likeness (QED) is 0.847. The van der Waals surface area contributed by atoms with Gasteiger partial charge in [-0.3, -0.25) is 9.59 Å². The number of nitrogens with one attached hydrogen (secondary N) is 1. The number of primary amides is 1. The van der Waals surface area contributed by atoms with Crippen LogP contribution in [-0.4, -0.2) is 16.4 Å². The van der Waals surface area contributed by atoms with Crippen molar-refractivity contribution in [2.24, 2.45) is 5.73 Å². The van der Waals surface area contributed by atoms with Gasteiger partial charge in [-0.15, -0.1) is 0 Å². The number of hydrogen-bond donors (Lipinski definition) is 2. The third-order valence-electron chi connectivity index (χ3n) is 1.98. The molecule has 0 aliphatic carbocycles. The topological polar surface area (TPSA) is 72.2 Å². The van der Waals surface area contributed by atoms with Gasteiger partial charge in [0.1, 0.15) is 0 Å². The Balaban J connectivity index is 2.57. The molecule has 1 aromatic rings. The molecule has 0 aliphatic rings. The first kappa shape index (κ1) is 12.6. The summed E-state index contributed by atoms with van der Waals surface area (Å²) < 4.78 is 0. The highest BCUT2D eigenvalue weighted by molar-refractivity contribution is 8.14. The first-order valence-electron chi connectivity index (χ1n) is 4.82. The zero-order valence-corrected chi connectivity index (χ0v) is 10.0. The number of amides is 2. The van der Waals surface area contributed by atoms with E-state index in [9.17, 15) is 9.59 Å². The lowest BCUT2D eigenvalue weighted by Gasteiger charge is -2.09. The highest BCUT2D eigenvalue weighted by atomic mass is 32.2. The summed E-state index contributed by atoms with van der Waals surface area (Å²) in [4.78, 5) is 22.2. The maximum absolute atomic E-state index is 11.6. The van der Waals surface area contributed by atoms with Gasteiger partial charge in [-0.1, -0.05) is 29.5 Å². The predicted molar refractivity (Wildman–Crippen MR) is 66.4 cm³/mol. The van der Waals surface area contributed by atoms with Crippen LogP contribution in [0.4, 0.5) is 10.5 Å². The highest BCUT2D eigenvalue weighted by Gasteiger charge is 2.15. The normalized spacial score (nSPS) is 11.9. The first-order valence-corrected chi connectivity index (χ1v) is 5.70. The highest BCUT2D eigenvalue weighted by Crippen LogP contribution is 2.14. The molecule has 1 unspecified atom stereocenters. The van der Waals surface area contributed by atoms with Crippen molar-refractivity contribution in [3.63, 3.8) is 0 Å². The number of carbonyl (C=O) groups excluding carboxylic acids is 2. The number of hydrogen-bond acceptors (Lipinski definition) is 3. The Kier molecular flexibility index (Phi) is 4.37. The molecule has 0 aromatic heterocycles. The summed E-state index contributed by atoms with van der Waals surface area (Å²) in [5.41, 5.74) is 6.83. The van der Waals surface area contributed by atoms with Crippen molar-refractivity contribution in [1.29, 1.82) is 0 Å². The van der Waals surface area contributed by atoms with Crippen molar-refractivity contribution in [2.75, 3.05) is 5.32 Å². The fourth-order valence-electron chi connectivity index (χ4n) is 1.11. The van der Waals surface area contributed by atoms with E-state index in [4.69, 9.17) is 5.73 Å². The summed E-state index contributed by atoms with van der Waals surface area (Å²) in [5, 5.41) is 1.67. The van der Waals surface area contributed by atoms with E-state index in [2.05, 4.69) is 5.32 Å². The summed E-state index contributed by atoms with van der Waals surface area (Å²) in [6.07, 6.45) is 0.